The van der Waals surface area contributed by atoms with E-state index >= 15 is 0 Å². The van der Waals surface area contributed by atoms with Crippen molar-refractivity contribution in [2.24, 2.45) is 4.99 Å². The number of rotatable bonds is 9. The van der Waals surface area contributed by atoms with E-state index in [1.165, 1.54) is 29.0 Å². The number of hydrogen-bond acceptors (Lipinski definition) is 4. The summed E-state index contributed by atoms with van der Waals surface area (Å²) in [7, 11) is -3.70. The van der Waals surface area contributed by atoms with Crippen LogP contribution in [0.15, 0.2) is 95.3 Å². The van der Waals surface area contributed by atoms with Crippen LogP contribution in [0.2, 0.25) is 0 Å². The maximum Gasteiger partial charge on any atom is 0.279 e. The number of carbonyl (C=O) groups excluding carboxylic acids is 1. The molecule has 0 spiro atoms. The number of carbonyl (C=O) groups is 1. The van der Waals surface area contributed by atoms with E-state index in [1.54, 1.807) is 48.5 Å². The summed E-state index contributed by atoms with van der Waals surface area (Å²) in [5.41, 5.74) is 3.04. The van der Waals surface area contributed by atoms with Crippen molar-refractivity contribution in [1.29, 1.82) is 0 Å². The molecule has 1 heterocycles. The van der Waals surface area contributed by atoms with Crippen LogP contribution in [0.4, 0.5) is 5.69 Å². The molecule has 0 saturated heterocycles. The number of nitrogens with zero attached hydrogens (tertiary/aromatic N) is 2. The molecule has 0 bridgehead atoms. The second-order valence-corrected chi connectivity index (χ2v) is 10.8. The Morgan fingerprint density at radius 1 is 1.09 bits per heavy atom. The first-order chi connectivity index (χ1) is 16.9. The van der Waals surface area contributed by atoms with Crippen molar-refractivity contribution in [3.8, 4) is 0 Å². The van der Waals surface area contributed by atoms with E-state index in [1.807, 2.05) is 4.57 Å². The van der Waals surface area contributed by atoms with Crippen LogP contribution in [-0.2, 0) is 23.0 Å². The minimum atomic E-state index is -3.70. The zero-order chi connectivity index (χ0) is 24.8. The second-order valence-electron chi connectivity index (χ2n) is 8.10. The fourth-order valence-corrected chi connectivity index (χ4v) is 5.87. The Kier molecular flexibility index (Phi) is 7.63. The second kappa shape index (κ2) is 10.8. The molecule has 35 heavy (non-hydrogen) atoms. The molecule has 6 nitrogen and oxygen atoms in total. The summed E-state index contributed by atoms with van der Waals surface area (Å²) >= 11 is 1.48. The molecule has 8 heteroatoms. The summed E-state index contributed by atoms with van der Waals surface area (Å²) in [6.45, 7) is 6.56. The van der Waals surface area contributed by atoms with E-state index in [4.69, 9.17) is 0 Å². The predicted octanol–water partition coefficient (Wildman–Crippen LogP) is 5.77. The van der Waals surface area contributed by atoms with Crippen molar-refractivity contribution in [2.75, 3.05) is 4.72 Å². The summed E-state index contributed by atoms with van der Waals surface area (Å²) in [6, 6.07) is 20.8. The summed E-state index contributed by atoms with van der Waals surface area (Å²) in [6.07, 6.45) is 5.09. The van der Waals surface area contributed by atoms with Crippen LogP contribution in [0.3, 0.4) is 0 Å². The van der Waals surface area contributed by atoms with Crippen molar-refractivity contribution in [1.82, 2.24) is 4.57 Å². The van der Waals surface area contributed by atoms with Crippen LogP contribution >= 0.6 is 11.3 Å². The third kappa shape index (κ3) is 5.78. The maximum atomic E-state index is 12.9. The number of fused-ring (bicyclic) bond motifs is 1. The maximum absolute atomic E-state index is 12.9. The lowest BCUT2D eigenvalue weighted by atomic mass is 10.1. The molecule has 0 unspecified atom stereocenters. The van der Waals surface area contributed by atoms with Crippen molar-refractivity contribution in [2.45, 2.75) is 37.6 Å². The van der Waals surface area contributed by atoms with Crippen LogP contribution in [0.1, 0.15) is 35.7 Å². The normalized spacial score (nSPS) is 12.1. The molecule has 4 rings (SSSR count). The molecular formula is C27H27N3O3S2. The van der Waals surface area contributed by atoms with Crippen molar-refractivity contribution in [3.63, 3.8) is 0 Å². The van der Waals surface area contributed by atoms with Gasteiger partial charge in [-0.3, -0.25) is 9.52 Å². The number of nitrogens with one attached hydrogen (secondary N) is 1. The topological polar surface area (TPSA) is 80.5 Å². The average Bonchev–Trinajstić information content (AvgIpc) is 3.19. The van der Waals surface area contributed by atoms with Gasteiger partial charge in [-0.2, -0.15) is 4.99 Å². The molecule has 0 aliphatic carbocycles. The third-order valence-electron chi connectivity index (χ3n) is 5.51. The Labute approximate surface area is 209 Å². The van der Waals surface area contributed by atoms with Crippen LogP contribution in [0, 0.1) is 0 Å². The molecular weight excluding hydrogens is 478 g/mol. The summed E-state index contributed by atoms with van der Waals surface area (Å²) in [4.78, 5) is 18.1. The molecule has 0 atom stereocenters. The Balaban J connectivity index is 1.60. The Morgan fingerprint density at radius 2 is 1.83 bits per heavy atom. The lowest BCUT2D eigenvalue weighted by Crippen LogP contribution is -2.16. The van der Waals surface area contributed by atoms with Gasteiger partial charge in [-0.1, -0.05) is 55.0 Å². The summed E-state index contributed by atoms with van der Waals surface area (Å²) in [5, 5.41) is 0. The van der Waals surface area contributed by atoms with E-state index in [0.29, 0.717) is 22.6 Å². The van der Waals surface area contributed by atoms with Gasteiger partial charge in [0.25, 0.3) is 15.9 Å². The quantitative estimate of drug-likeness (QED) is 0.293. The highest BCUT2D eigenvalue weighted by Crippen LogP contribution is 2.21. The number of anilines is 1. The Bertz CT molecular complexity index is 1520. The first kappa shape index (κ1) is 24.6. The van der Waals surface area contributed by atoms with E-state index < -0.39 is 15.9 Å². The lowest BCUT2D eigenvalue weighted by molar-refractivity contribution is 0.0998. The van der Waals surface area contributed by atoms with Crippen LogP contribution in [0.25, 0.3) is 10.2 Å². The standard InChI is InChI=1S/C27H27N3O3S2/c1-3-5-9-20-12-17-24-25(19-20)34-27(30(24)18-4-2)28-26(31)21-13-15-22(16-14-21)29-35(32,33)23-10-7-6-8-11-23/h4,6-8,10-17,19,29H,2-3,5,9,18H2,1H3. The number of sulfonamides is 1. The number of hydrogen-bond donors (Lipinski definition) is 1. The number of allylic oxidation sites excluding steroid dienone is 1. The fourth-order valence-electron chi connectivity index (χ4n) is 3.69. The fraction of sp³-hybridized carbons (Fsp3) is 0.185. The van der Waals surface area contributed by atoms with Gasteiger partial charge in [-0.15, -0.1) is 6.58 Å². The van der Waals surface area contributed by atoms with Gasteiger partial charge >= 0.3 is 0 Å². The van der Waals surface area contributed by atoms with Crippen molar-refractivity contribution in [3.05, 3.63) is 101 Å². The molecule has 0 aliphatic heterocycles. The molecule has 4 aromatic rings. The highest BCUT2D eigenvalue weighted by molar-refractivity contribution is 7.92. The zero-order valence-corrected chi connectivity index (χ0v) is 21.1. The van der Waals surface area contributed by atoms with Crippen LogP contribution in [-0.4, -0.2) is 18.9 Å². The summed E-state index contributed by atoms with van der Waals surface area (Å²) in [5.74, 6) is -0.391. The minimum absolute atomic E-state index is 0.171. The molecule has 0 fully saturated rings. The van der Waals surface area contributed by atoms with Gasteiger partial charge in [0, 0.05) is 17.8 Å². The summed E-state index contributed by atoms with van der Waals surface area (Å²) < 4.78 is 30.6. The number of amides is 1. The SMILES string of the molecule is C=CCn1c(=NC(=O)c2ccc(NS(=O)(=O)c3ccccc3)cc2)sc2cc(CCCC)ccc21. The number of benzene rings is 3. The van der Waals surface area contributed by atoms with Gasteiger partial charge in [0.05, 0.1) is 15.1 Å². The molecule has 180 valence electrons. The number of aromatic nitrogens is 1. The predicted molar refractivity (Wildman–Crippen MR) is 142 cm³/mol. The van der Waals surface area contributed by atoms with Gasteiger partial charge < -0.3 is 4.57 Å². The highest BCUT2D eigenvalue weighted by atomic mass is 32.2. The number of aryl methyl sites for hydroxylation is 1. The number of unbranched alkanes of at least 4 members (excludes halogenated alkanes) is 1. The van der Waals surface area contributed by atoms with Crippen molar-refractivity contribution >= 4 is 43.2 Å². The highest BCUT2D eigenvalue weighted by Gasteiger charge is 2.14. The lowest BCUT2D eigenvalue weighted by Gasteiger charge is -2.08. The molecule has 1 aromatic heterocycles. The minimum Gasteiger partial charge on any atom is -0.312 e. The smallest absolute Gasteiger partial charge is 0.279 e. The molecule has 0 saturated carbocycles. The number of thiazole rings is 1. The van der Waals surface area contributed by atoms with Gasteiger partial charge in [-0.05, 0) is 66.9 Å². The Morgan fingerprint density at radius 3 is 2.51 bits per heavy atom. The van der Waals surface area contributed by atoms with Crippen LogP contribution in [0.5, 0.6) is 0 Å². The molecule has 1 N–H and O–H groups in total. The van der Waals surface area contributed by atoms with E-state index in [0.717, 1.165) is 29.5 Å². The van der Waals surface area contributed by atoms with Gasteiger partial charge in [0.15, 0.2) is 4.80 Å². The molecule has 0 radical (unpaired) electrons. The van der Waals surface area contributed by atoms with Gasteiger partial charge in [-0.25, -0.2) is 8.42 Å². The van der Waals surface area contributed by atoms with Crippen LogP contribution < -0.4 is 9.52 Å². The first-order valence-electron chi connectivity index (χ1n) is 11.4. The third-order valence-corrected chi connectivity index (χ3v) is 7.95. The molecule has 1 amide bonds. The van der Waals surface area contributed by atoms with Gasteiger partial charge in [0.2, 0.25) is 0 Å². The zero-order valence-electron chi connectivity index (χ0n) is 19.5. The van der Waals surface area contributed by atoms with E-state index in [-0.39, 0.29) is 4.90 Å². The van der Waals surface area contributed by atoms with Crippen molar-refractivity contribution < 1.29 is 13.2 Å². The van der Waals surface area contributed by atoms with E-state index in [9.17, 15) is 13.2 Å². The first-order valence-corrected chi connectivity index (χ1v) is 13.7. The van der Waals surface area contributed by atoms with E-state index in [2.05, 4.69) is 41.4 Å². The molecule has 0 aliphatic rings. The Hall–Kier alpha value is -3.49. The average molecular weight is 506 g/mol. The largest absolute Gasteiger partial charge is 0.312 e. The monoisotopic (exact) mass is 505 g/mol. The van der Waals surface area contributed by atoms with Gasteiger partial charge in [0.1, 0.15) is 0 Å². The molecule has 3 aromatic carbocycles.